The van der Waals surface area contributed by atoms with E-state index < -0.39 is 24.9 Å². The molecule has 0 aliphatic carbocycles. The number of hydrogen-bond acceptors (Lipinski definition) is 4. The highest BCUT2D eigenvalue weighted by Gasteiger charge is 2.42. The van der Waals surface area contributed by atoms with Gasteiger partial charge in [0.25, 0.3) is 5.92 Å². The molecule has 2 rings (SSSR count). The third kappa shape index (κ3) is 4.44. The van der Waals surface area contributed by atoms with Crippen molar-refractivity contribution in [3.8, 4) is 0 Å². The smallest absolute Gasteiger partial charge is 0.262 e. The van der Waals surface area contributed by atoms with Crippen LogP contribution in [0.25, 0.3) is 0 Å². The van der Waals surface area contributed by atoms with Gasteiger partial charge in [-0.25, -0.2) is 13.8 Å². The Morgan fingerprint density at radius 2 is 2.29 bits per heavy atom. The van der Waals surface area contributed by atoms with Crippen LogP contribution >= 0.6 is 11.3 Å². The largest absolute Gasteiger partial charge is 0.354 e. The summed E-state index contributed by atoms with van der Waals surface area (Å²) in [5.74, 6) is -3.14. The number of hydrogen-bond donors (Lipinski definition) is 2. The molecule has 1 fully saturated rings. The van der Waals surface area contributed by atoms with Crippen molar-refractivity contribution in [2.45, 2.75) is 51.0 Å². The fourth-order valence-corrected chi connectivity index (χ4v) is 3.11. The van der Waals surface area contributed by atoms with Crippen LogP contribution in [-0.2, 0) is 16.6 Å². The van der Waals surface area contributed by atoms with E-state index in [9.17, 15) is 13.6 Å². The Labute approximate surface area is 127 Å². The number of aromatic nitrogens is 1. The van der Waals surface area contributed by atoms with E-state index in [1.165, 1.54) is 0 Å². The lowest BCUT2D eigenvalue weighted by Gasteiger charge is -2.14. The standard InChI is InChI=1S/C14H21F2N3OS/c1-13(2,3)10-7-21-11(19-10)4-5-17-12(20)9-6-14(15,16)8-18-9/h7,9,18H,4-6,8H2,1-3H3,(H,17,20). The minimum absolute atomic E-state index is 0.0113. The molecule has 1 atom stereocenters. The zero-order valence-electron chi connectivity index (χ0n) is 12.5. The Balaban J connectivity index is 1.77. The van der Waals surface area contributed by atoms with Crippen molar-refractivity contribution in [2.24, 2.45) is 0 Å². The van der Waals surface area contributed by atoms with Crippen LogP contribution in [0, 0.1) is 0 Å². The number of nitrogens with zero attached hydrogens (tertiary/aromatic N) is 1. The van der Waals surface area contributed by atoms with Gasteiger partial charge in [0.15, 0.2) is 0 Å². The second-order valence-corrected chi connectivity index (χ2v) is 7.35. The maximum atomic E-state index is 13.0. The van der Waals surface area contributed by atoms with Crippen molar-refractivity contribution in [3.05, 3.63) is 16.1 Å². The first-order valence-electron chi connectivity index (χ1n) is 7.01. The molecule has 1 saturated heterocycles. The summed E-state index contributed by atoms with van der Waals surface area (Å²) in [6, 6.07) is -0.790. The molecule has 1 aromatic heterocycles. The Kier molecular flexibility index (Phi) is 4.63. The first kappa shape index (κ1) is 16.3. The van der Waals surface area contributed by atoms with E-state index >= 15 is 0 Å². The SMILES string of the molecule is CC(C)(C)c1csc(CCNC(=O)C2CC(F)(F)CN2)n1. The molecule has 1 aliphatic rings. The average Bonchev–Trinajstić information content (AvgIpc) is 2.95. The number of nitrogens with one attached hydrogen (secondary N) is 2. The molecule has 7 heteroatoms. The number of amides is 1. The molecule has 0 aromatic carbocycles. The van der Waals surface area contributed by atoms with Crippen LogP contribution in [0.1, 0.15) is 37.9 Å². The highest BCUT2D eigenvalue weighted by Crippen LogP contribution is 2.25. The summed E-state index contributed by atoms with van der Waals surface area (Å²) in [6.07, 6.45) is 0.194. The molecule has 0 saturated carbocycles. The Hall–Kier alpha value is -1.08. The molecule has 1 amide bonds. The van der Waals surface area contributed by atoms with Crippen LogP contribution in [0.4, 0.5) is 8.78 Å². The van der Waals surface area contributed by atoms with Gasteiger partial charge >= 0.3 is 0 Å². The van der Waals surface area contributed by atoms with Gasteiger partial charge in [0.2, 0.25) is 5.91 Å². The van der Waals surface area contributed by atoms with Crippen LogP contribution in [0.15, 0.2) is 5.38 Å². The van der Waals surface area contributed by atoms with Gasteiger partial charge in [0.1, 0.15) is 0 Å². The molecule has 0 radical (unpaired) electrons. The third-order valence-corrected chi connectivity index (χ3v) is 4.29. The van der Waals surface area contributed by atoms with Crippen LogP contribution in [0.3, 0.4) is 0 Å². The number of carbonyl (C=O) groups is 1. The van der Waals surface area contributed by atoms with Crippen LogP contribution in [-0.4, -0.2) is 35.9 Å². The van der Waals surface area contributed by atoms with Crippen molar-refractivity contribution in [1.82, 2.24) is 15.6 Å². The van der Waals surface area contributed by atoms with Crippen molar-refractivity contribution in [1.29, 1.82) is 0 Å². The second kappa shape index (κ2) is 5.96. The third-order valence-electron chi connectivity index (χ3n) is 3.38. The fourth-order valence-electron chi connectivity index (χ4n) is 2.09. The van der Waals surface area contributed by atoms with E-state index in [1.807, 2.05) is 5.38 Å². The number of alkyl halides is 2. The highest BCUT2D eigenvalue weighted by atomic mass is 32.1. The molecule has 2 N–H and O–H groups in total. The fraction of sp³-hybridized carbons (Fsp3) is 0.714. The van der Waals surface area contributed by atoms with Gasteiger partial charge in [-0.15, -0.1) is 11.3 Å². The number of thiazole rings is 1. The summed E-state index contributed by atoms with van der Waals surface area (Å²) in [5, 5.41) is 8.21. The van der Waals surface area contributed by atoms with E-state index in [0.717, 1.165) is 10.7 Å². The van der Waals surface area contributed by atoms with Gasteiger partial charge in [-0.1, -0.05) is 20.8 Å². The van der Waals surface area contributed by atoms with E-state index in [1.54, 1.807) is 11.3 Å². The van der Waals surface area contributed by atoms with Gasteiger partial charge < -0.3 is 5.32 Å². The summed E-state index contributed by atoms with van der Waals surface area (Å²) in [5.41, 5.74) is 1.04. The number of rotatable bonds is 4. The van der Waals surface area contributed by atoms with Crippen molar-refractivity contribution in [3.63, 3.8) is 0 Å². The Morgan fingerprint density at radius 3 is 2.81 bits per heavy atom. The molecule has 4 nitrogen and oxygen atoms in total. The lowest BCUT2D eigenvalue weighted by molar-refractivity contribution is -0.123. The maximum Gasteiger partial charge on any atom is 0.262 e. The van der Waals surface area contributed by atoms with Crippen molar-refractivity contribution >= 4 is 17.2 Å². The molecule has 21 heavy (non-hydrogen) atoms. The van der Waals surface area contributed by atoms with Crippen molar-refractivity contribution in [2.75, 3.05) is 13.1 Å². The van der Waals surface area contributed by atoms with Crippen LogP contribution in [0.2, 0.25) is 0 Å². The normalized spacial score (nSPS) is 21.5. The quantitative estimate of drug-likeness (QED) is 0.894. The van der Waals surface area contributed by atoms with E-state index in [4.69, 9.17) is 0 Å². The van der Waals surface area contributed by atoms with Crippen LogP contribution < -0.4 is 10.6 Å². The van der Waals surface area contributed by atoms with Gasteiger partial charge in [-0.2, -0.15) is 0 Å². The van der Waals surface area contributed by atoms with Gasteiger partial charge in [-0.05, 0) is 0 Å². The number of halogens is 2. The van der Waals surface area contributed by atoms with E-state index in [0.29, 0.717) is 13.0 Å². The molecular weight excluding hydrogens is 296 g/mol. The lowest BCUT2D eigenvalue weighted by Crippen LogP contribution is -2.41. The average molecular weight is 317 g/mol. The summed E-state index contributed by atoms with van der Waals surface area (Å²) in [4.78, 5) is 16.3. The summed E-state index contributed by atoms with van der Waals surface area (Å²) in [7, 11) is 0. The lowest BCUT2D eigenvalue weighted by atomic mass is 9.93. The summed E-state index contributed by atoms with van der Waals surface area (Å²) >= 11 is 1.56. The molecule has 1 aromatic rings. The van der Waals surface area contributed by atoms with Gasteiger partial charge in [-0.3, -0.25) is 10.1 Å². The van der Waals surface area contributed by atoms with Gasteiger partial charge in [0.05, 0.1) is 23.3 Å². The maximum absolute atomic E-state index is 13.0. The van der Waals surface area contributed by atoms with Crippen molar-refractivity contribution < 1.29 is 13.6 Å². The minimum atomic E-state index is -2.78. The molecular formula is C14H21F2N3OS. The molecule has 1 aliphatic heterocycles. The van der Waals surface area contributed by atoms with Gasteiger partial charge in [0, 0.05) is 30.2 Å². The zero-order valence-corrected chi connectivity index (χ0v) is 13.3. The highest BCUT2D eigenvalue weighted by molar-refractivity contribution is 7.09. The first-order chi connectivity index (χ1) is 9.67. The van der Waals surface area contributed by atoms with Crippen LogP contribution in [0.5, 0.6) is 0 Å². The Bertz CT molecular complexity index is 511. The molecule has 2 heterocycles. The first-order valence-corrected chi connectivity index (χ1v) is 7.89. The predicted octanol–water partition coefficient (Wildman–Crippen LogP) is 2.10. The monoisotopic (exact) mass is 317 g/mol. The second-order valence-electron chi connectivity index (χ2n) is 6.41. The topological polar surface area (TPSA) is 54.0 Å². The summed E-state index contributed by atoms with van der Waals surface area (Å²) in [6.45, 7) is 6.28. The minimum Gasteiger partial charge on any atom is -0.354 e. The molecule has 118 valence electrons. The van der Waals surface area contributed by atoms with E-state index in [2.05, 4.69) is 36.4 Å². The number of carbonyl (C=O) groups excluding carboxylic acids is 1. The predicted molar refractivity (Wildman–Crippen MR) is 78.9 cm³/mol. The van der Waals surface area contributed by atoms with E-state index in [-0.39, 0.29) is 11.3 Å². The molecule has 0 spiro atoms. The zero-order chi connectivity index (χ0) is 15.7. The Morgan fingerprint density at radius 1 is 1.57 bits per heavy atom. The summed E-state index contributed by atoms with van der Waals surface area (Å²) < 4.78 is 26.0. The molecule has 0 bridgehead atoms. The molecule has 1 unspecified atom stereocenters.